The van der Waals surface area contributed by atoms with E-state index in [0.29, 0.717) is 11.1 Å². The van der Waals surface area contributed by atoms with Gasteiger partial charge in [0.2, 0.25) is 0 Å². The van der Waals surface area contributed by atoms with Crippen molar-refractivity contribution >= 4 is 39.9 Å². The van der Waals surface area contributed by atoms with E-state index in [1.165, 1.54) is 12.1 Å². The van der Waals surface area contributed by atoms with Crippen LogP contribution in [-0.4, -0.2) is 4.92 Å². The molecule has 2 aromatic carbocycles. The maximum absolute atomic E-state index is 10.6. The van der Waals surface area contributed by atoms with Gasteiger partial charge >= 0.3 is 0 Å². The number of allylic oxidation sites excluding steroid dienone is 1. The Hall–Kier alpha value is -2.20. The highest BCUT2D eigenvalue weighted by molar-refractivity contribution is 14.1. The van der Waals surface area contributed by atoms with Crippen molar-refractivity contribution in [1.29, 1.82) is 5.26 Å². The second-order valence-corrected chi connectivity index (χ2v) is 5.27. The van der Waals surface area contributed by atoms with Crippen LogP contribution >= 0.6 is 22.6 Å². The van der Waals surface area contributed by atoms with Gasteiger partial charge in [-0.05, 0) is 64.1 Å². The smallest absolute Gasteiger partial charge is 0.258 e. The van der Waals surface area contributed by atoms with Crippen LogP contribution in [0.1, 0.15) is 11.1 Å². The molecule has 5 heteroatoms. The molecular weight excluding hydrogens is 367 g/mol. The van der Waals surface area contributed by atoms with Crippen LogP contribution in [0.2, 0.25) is 0 Å². The quantitative estimate of drug-likeness (QED) is 0.264. The second-order valence-electron chi connectivity index (χ2n) is 4.03. The van der Waals surface area contributed by atoms with Gasteiger partial charge in [0, 0.05) is 15.7 Å². The minimum absolute atomic E-state index is 0.0142. The zero-order valence-electron chi connectivity index (χ0n) is 10.3. The van der Waals surface area contributed by atoms with Gasteiger partial charge in [0.25, 0.3) is 5.69 Å². The molecule has 0 unspecified atom stereocenters. The third-order valence-electron chi connectivity index (χ3n) is 2.69. The first kappa shape index (κ1) is 14.2. The fourth-order valence-electron chi connectivity index (χ4n) is 1.67. The molecule has 4 nitrogen and oxygen atoms in total. The summed E-state index contributed by atoms with van der Waals surface area (Å²) in [6.07, 6.45) is 1.76. The lowest BCUT2D eigenvalue weighted by Crippen LogP contribution is -1.88. The van der Waals surface area contributed by atoms with E-state index in [2.05, 4.69) is 28.7 Å². The minimum atomic E-state index is -0.460. The van der Waals surface area contributed by atoms with E-state index in [-0.39, 0.29) is 5.69 Å². The van der Waals surface area contributed by atoms with Crippen LogP contribution in [0.4, 0.5) is 5.69 Å². The summed E-state index contributed by atoms with van der Waals surface area (Å²) in [7, 11) is 0. The van der Waals surface area contributed by atoms with Gasteiger partial charge < -0.3 is 0 Å². The first-order valence-corrected chi connectivity index (χ1v) is 6.80. The molecule has 0 radical (unpaired) electrons. The molecule has 0 amide bonds. The maximum atomic E-state index is 10.6. The number of nitro benzene ring substituents is 1. The summed E-state index contributed by atoms with van der Waals surface area (Å²) in [5, 5.41) is 19.8. The van der Waals surface area contributed by atoms with Crippen LogP contribution in [0, 0.1) is 25.0 Å². The topological polar surface area (TPSA) is 66.9 Å². The van der Waals surface area contributed by atoms with Crippen molar-refractivity contribution in [3.05, 3.63) is 73.3 Å². The summed E-state index contributed by atoms with van der Waals surface area (Å²) >= 11 is 2.21. The van der Waals surface area contributed by atoms with E-state index >= 15 is 0 Å². The number of hydrogen-bond donors (Lipinski definition) is 0. The van der Waals surface area contributed by atoms with E-state index in [1.807, 2.05) is 24.3 Å². The molecule has 0 fully saturated rings. The van der Waals surface area contributed by atoms with Crippen molar-refractivity contribution in [2.24, 2.45) is 0 Å². The molecule has 0 spiro atoms. The Morgan fingerprint density at radius 1 is 1.15 bits per heavy atom. The summed E-state index contributed by atoms with van der Waals surface area (Å²) in [4.78, 5) is 10.1. The largest absolute Gasteiger partial charge is 0.269 e. The lowest BCUT2D eigenvalue weighted by Gasteiger charge is -2.00. The van der Waals surface area contributed by atoms with Crippen molar-refractivity contribution < 1.29 is 4.92 Å². The Balaban J connectivity index is 2.35. The third-order valence-corrected chi connectivity index (χ3v) is 3.41. The van der Waals surface area contributed by atoms with Crippen molar-refractivity contribution in [1.82, 2.24) is 0 Å². The maximum Gasteiger partial charge on any atom is 0.269 e. The molecule has 20 heavy (non-hydrogen) atoms. The van der Waals surface area contributed by atoms with Crippen molar-refractivity contribution in [2.45, 2.75) is 0 Å². The van der Waals surface area contributed by atoms with Crippen LogP contribution in [0.3, 0.4) is 0 Å². The van der Waals surface area contributed by atoms with E-state index < -0.39 is 4.92 Å². The van der Waals surface area contributed by atoms with Gasteiger partial charge in [-0.2, -0.15) is 5.26 Å². The molecular formula is C15H9IN2O2. The van der Waals surface area contributed by atoms with E-state index in [9.17, 15) is 15.4 Å². The SMILES string of the molecule is N#C/C(=C/c1ccc(I)cc1)c1ccc([N+](=O)[O-])cc1. The molecule has 2 aromatic rings. The normalized spacial score (nSPS) is 10.9. The Kier molecular flexibility index (Phi) is 4.48. The number of non-ortho nitro benzene ring substituents is 1. The third kappa shape index (κ3) is 3.42. The van der Waals surface area contributed by atoms with Crippen molar-refractivity contribution in [3.63, 3.8) is 0 Å². The van der Waals surface area contributed by atoms with Gasteiger partial charge in [0.15, 0.2) is 0 Å². The average Bonchev–Trinajstić information content (AvgIpc) is 2.47. The molecule has 0 atom stereocenters. The standard InChI is InChI=1S/C15H9IN2O2/c16-14-5-1-11(2-6-14)9-13(10-17)12-3-7-15(8-4-12)18(19)20/h1-9H/b13-9-. The number of nitrogens with zero attached hydrogens (tertiary/aromatic N) is 2. The molecule has 98 valence electrons. The van der Waals surface area contributed by atoms with Crippen LogP contribution < -0.4 is 0 Å². The second kappa shape index (κ2) is 6.30. The van der Waals surface area contributed by atoms with Crippen molar-refractivity contribution in [3.8, 4) is 6.07 Å². The van der Waals surface area contributed by atoms with Gasteiger partial charge in [-0.15, -0.1) is 0 Å². The zero-order chi connectivity index (χ0) is 14.5. The van der Waals surface area contributed by atoms with Crippen molar-refractivity contribution in [2.75, 3.05) is 0 Å². The number of nitro groups is 1. The molecule has 0 aliphatic rings. The van der Waals surface area contributed by atoms with Gasteiger partial charge in [0.05, 0.1) is 16.6 Å². The summed E-state index contributed by atoms with van der Waals surface area (Å²) in [6.45, 7) is 0. The lowest BCUT2D eigenvalue weighted by atomic mass is 10.0. The van der Waals surface area contributed by atoms with Gasteiger partial charge in [-0.1, -0.05) is 12.1 Å². The van der Waals surface area contributed by atoms with Gasteiger partial charge in [0.1, 0.15) is 0 Å². The molecule has 0 N–H and O–H groups in total. The van der Waals surface area contributed by atoms with Gasteiger partial charge in [-0.25, -0.2) is 0 Å². The number of benzene rings is 2. The monoisotopic (exact) mass is 376 g/mol. The summed E-state index contributed by atoms with van der Waals surface area (Å²) < 4.78 is 1.12. The van der Waals surface area contributed by atoms with E-state index in [0.717, 1.165) is 9.13 Å². The Morgan fingerprint density at radius 3 is 2.25 bits per heavy atom. The fraction of sp³-hybridized carbons (Fsp3) is 0. The number of halogens is 1. The van der Waals surface area contributed by atoms with Crippen LogP contribution in [0.15, 0.2) is 48.5 Å². The van der Waals surface area contributed by atoms with E-state index in [4.69, 9.17) is 0 Å². The summed E-state index contributed by atoms with van der Waals surface area (Å²) in [5.41, 5.74) is 2.07. The fourth-order valence-corrected chi connectivity index (χ4v) is 2.03. The average molecular weight is 376 g/mol. The molecule has 2 rings (SSSR count). The predicted molar refractivity (Wildman–Crippen MR) is 85.7 cm³/mol. The highest BCUT2D eigenvalue weighted by Gasteiger charge is 2.06. The molecule has 0 saturated carbocycles. The Labute approximate surface area is 129 Å². The first-order chi connectivity index (χ1) is 9.60. The van der Waals surface area contributed by atoms with Crippen LogP contribution in [0.25, 0.3) is 11.6 Å². The zero-order valence-corrected chi connectivity index (χ0v) is 12.4. The molecule has 0 aromatic heterocycles. The number of hydrogen-bond acceptors (Lipinski definition) is 3. The van der Waals surface area contributed by atoms with Gasteiger partial charge in [-0.3, -0.25) is 10.1 Å². The molecule has 0 aliphatic carbocycles. The summed E-state index contributed by atoms with van der Waals surface area (Å²) in [6, 6.07) is 15.8. The predicted octanol–water partition coefficient (Wildman–Crippen LogP) is 4.26. The first-order valence-electron chi connectivity index (χ1n) is 5.72. The number of nitriles is 1. The molecule has 0 bridgehead atoms. The highest BCUT2D eigenvalue weighted by atomic mass is 127. The molecule has 0 saturated heterocycles. The summed E-state index contributed by atoms with van der Waals surface area (Å²) in [5.74, 6) is 0. The molecule has 0 heterocycles. The highest BCUT2D eigenvalue weighted by Crippen LogP contribution is 2.21. The minimum Gasteiger partial charge on any atom is -0.258 e. The van der Waals surface area contributed by atoms with E-state index in [1.54, 1.807) is 18.2 Å². The van der Waals surface area contributed by atoms with Crippen LogP contribution in [0.5, 0.6) is 0 Å². The van der Waals surface area contributed by atoms with Crippen LogP contribution in [-0.2, 0) is 0 Å². The lowest BCUT2D eigenvalue weighted by molar-refractivity contribution is -0.384. The number of rotatable bonds is 3. The molecule has 0 aliphatic heterocycles. The Morgan fingerprint density at radius 2 is 1.75 bits per heavy atom. The Bertz CT molecular complexity index is 698.